The van der Waals surface area contributed by atoms with Crippen LogP contribution in [0.2, 0.25) is 5.02 Å². The first-order valence-electron chi connectivity index (χ1n) is 10.6. The Labute approximate surface area is 199 Å². The van der Waals surface area contributed by atoms with Gasteiger partial charge in [-0.05, 0) is 30.7 Å². The fourth-order valence-electron chi connectivity index (χ4n) is 3.15. The second-order valence-corrected chi connectivity index (χ2v) is 9.61. The molecule has 2 aromatic rings. The van der Waals surface area contributed by atoms with Gasteiger partial charge in [-0.25, -0.2) is 8.42 Å². The van der Waals surface area contributed by atoms with Crippen molar-refractivity contribution < 1.29 is 18.0 Å². The molecule has 0 aliphatic rings. The van der Waals surface area contributed by atoms with E-state index in [1.165, 1.54) is 21.5 Å². The number of pyridine rings is 1. The average Bonchev–Trinajstić information content (AvgIpc) is 2.78. The van der Waals surface area contributed by atoms with Crippen LogP contribution in [0.15, 0.2) is 52.3 Å². The number of nitrogens with zero attached hydrogens (tertiary/aromatic N) is 3. The highest BCUT2D eigenvalue weighted by Crippen LogP contribution is 2.14. The molecule has 1 aromatic heterocycles. The fourth-order valence-corrected chi connectivity index (χ4v) is 4.76. The van der Waals surface area contributed by atoms with E-state index < -0.39 is 21.5 Å². The summed E-state index contributed by atoms with van der Waals surface area (Å²) < 4.78 is 27.8. The van der Waals surface area contributed by atoms with Gasteiger partial charge in [-0.3, -0.25) is 14.4 Å². The van der Waals surface area contributed by atoms with Crippen LogP contribution in [-0.4, -0.2) is 60.2 Å². The Kier molecular flexibility index (Phi) is 9.63. The van der Waals surface area contributed by atoms with Crippen LogP contribution in [0.4, 0.5) is 0 Å². The van der Waals surface area contributed by atoms with E-state index in [1.807, 2.05) is 0 Å². The lowest BCUT2D eigenvalue weighted by Crippen LogP contribution is -2.42. The minimum Gasteiger partial charge on any atom is -0.350 e. The first-order chi connectivity index (χ1) is 15.6. The van der Waals surface area contributed by atoms with Crippen molar-refractivity contribution in [2.75, 3.05) is 26.2 Å². The van der Waals surface area contributed by atoms with E-state index in [2.05, 4.69) is 5.32 Å². The predicted octanol–water partition coefficient (Wildman–Crippen LogP) is 1.70. The first kappa shape index (κ1) is 26.6. The third-order valence-corrected chi connectivity index (χ3v) is 7.36. The van der Waals surface area contributed by atoms with Crippen LogP contribution in [0.3, 0.4) is 0 Å². The van der Waals surface area contributed by atoms with Crippen molar-refractivity contribution in [2.24, 2.45) is 0 Å². The van der Waals surface area contributed by atoms with Crippen molar-refractivity contribution in [2.45, 2.75) is 38.8 Å². The lowest BCUT2D eigenvalue weighted by Gasteiger charge is -2.22. The van der Waals surface area contributed by atoms with Crippen LogP contribution in [-0.2, 0) is 32.7 Å². The molecule has 33 heavy (non-hydrogen) atoms. The lowest BCUT2D eigenvalue weighted by molar-refractivity contribution is -0.136. The highest BCUT2D eigenvalue weighted by atomic mass is 35.5. The second kappa shape index (κ2) is 12.0. The molecule has 0 spiro atoms. The second-order valence-electron chi connectivity index (χ2n) is 7.23. The Morgan fingerprint density at radius 2 is 1.64 bits per heavy atom. The molecule has 11 heteroatoms. The Morgan fingerprint density at radius 1 is 1.00 bits per heavy atom. The number of aromatic nitrogens is 1. The molecule has 2 amide bonds. The summed E-state index contributed by atoms with van der Waals surface area (Å²) in [7, 11) is -3.78. The Bertz CT molecular complexity index is 1130. The molecule has 0 saturated heterocycles. The topological polar surface area (TPSA) is 109 Å². The number of sulfonamides is 1. The lowest BCUT2D eigenvalue weighted by atomic mass is 10.2. The van der Waals surface area contributed by atoms with Crippen LogP contribution in [0.1, 0.15) is 26.3 Å². The van der Waals surface area contributed by atoms with Crippen molar-refractivity contribution in [3.63, 3.8) is 0 Å². The number of carbonyl (C=O) groups is 2. The molecular formula is C22H29ClN4O5S. The Hall–Kier alpha value is -2.69. The van der Waals surface area contributed by atoms with E-state index in [4.69, 9.17) is 11.6 Å². The SMILES string of the molecule is CCN(CC(=O)NCc1ccc(Cl)cc1)C(=O)Cn1cc(S(=O)(=O)N(CC)CC)ccc1=O. The van der Waals surface area contributed by atoms with Gasteiger partial charge in [-0.15, -0.1) is 0 Å². The van der Waals surface area contributed by atoms with Gasteiger partial charge >= 0.3 is 0 Å². The summed E-state index contributed by atoms with van der Waals surface area (Å²) in [5.41, 5.74) is 0.352. The zero-order chi connectivity index (χ0) is 24.6. The average molecular weight is 497 g/mol. The maximum atomic E-state index is 12.8. The molecule has 1 aromatic carbocycles. The van der Waals surface area contributed by atoms with Crippen molar-refractivity contribution >= 4 is 33.4 Å². The summed E-state index contributed by atoms with van der Waals surface area (Å²) in [6, 6.07) is 9.37. The zero-order valence-corrected chi connectivity index (χ0v) is 20.5. The molecule has 0 aliphatic heterocycles. The van der Waals surface area contributed by atoms with E-state index in [0.717, 1.165) is 16.2 Å². The van der Waals surface area contributed by atoms with Gasteiger partial charge in [0.05, 0.1) is 11.4 Å². The van der Waals surface area contributed by atoms with E-state index in [9.17, 15) is 22.8 Å². The summed E-state index contributed by atoms with van der Waals surface area (Å²) in [5.74, 6) is -0.830. The van der Waals surface area contributed by atoms with Gasteiger partial charge < -0.3 is 14.8 Å². The monoisotopic (exact) mass is 496 g/mol. The molecule has 1 N–H and O–H groups in total. The number of rotatable bonds is 11. The highest BCUT2D eigenvalue weighted by molar-refractivity contribution is 7.89. The summed E-state index contributed by atoms with van der Waals surface area (Å²) in [6.45, 7) is 5.70. The maximum Gasteiger partial charge on any atom is 0.251 e. The number of benzene rings is 1. The van der Waals surface area contributed by atoms with E-state index in [0.29, 0.717) is 5.02 Å². The van der Waals surface area contributed by atoms with Gasteiger partial charge in [-0.1, -0.05) is 37.6 Å². The number of carbonyl (C=O) groups excluding carboxylic acids is 2. The predicted molar refractivity (Wildman–Crippen MR) is 126 cm³/mol. The number of halogens is 1. The number of hydrogen-bond acceptors (Lipinski definition) is 5. The molecule has 0 saturated carbocycles. The summed E-state index contributed by atoms with van der Waals surface area (Å²) in [4.78, 5) is 38.6. The number of likely N-dealkylation sites (N-methyl/N-ethyl adjacent to an activating group) is 1. The molecule has 0 fully saturated rings. The van der Waals surface area contributed by atoms with Crippen LogP contribution in [0.5, 0.6) is 0 Å². The van der Waals surface area contributed by atoms with Crippen molar-refractivity contribution in [3.05, 3.63) is 63.5 Å². The van der Waals surface area contributed by atoms with Gasteiger partial charge in [-0.2, -0.15) is 4.31 Å². The molecule has 180 valence electrons. The molecule has 0 aliphatic carbocycles. The summed E-state index contributed by atoms with van der Waals surface area (Å²) in [5, 5.41) is 3.33. The third-order valence-electron chi connectivity index (χ3n) is 5.08. The molecule has 1 heterocycles. The summed E-state index contributed by atoms with van der Waals surface area (Å²) >= 11 is 5.85. The van der Waals surface area contributed by atoms with Crippen LogP contribution < -0.4 is 10.9 Å². The van der Waals surface area contributed by atoms with Crippen molar-refractivity contribution in [3.8, 4) is 0 Å². The van der Waals surface area contributed by atoms with Gasteiger partial charge in [0.2, 0.25) is 21.8 Å². The van der Waals surface area contributed by atoms with Gasteiger partial charge in [0.25, 0.3) is 5.56 Å². The number of amides is 2. The summed E-state index contributed by atoms with van der Waals surface area (Å²) in [6.07, 6.45) is 1.17. The minimum absolute atomic E-state index is 0.0673. The largest absolute Gasteiger partial charge is 0.350 e. The first-order valence-corrected chi connectivity index (χ1v) is 12.4. The van der Waals surface area contributed by atoms with Gasteiger partial charge in [0.1, 0.15) is 6.54 Å². The van der Waals surface area contributed by atoms with Crippen LogP contribution in [0, 0.1) is 0 Å². The molecule has 0 unspecified atom stereocenters. The molecular weight excluding hydrogens is 468 g/mol. The van der Waals surface area contributed by atoms with Crippen LogP contribution >= 0.6 is 11.6 Å². The van der Waals surface area contributed by atoms with E-state index in [1.54, 1.807) is 45.0 Å². The highest BCUT2D eigenvalue weighted by Gasteiger charge is 2.23. The standard InChI is InChI=1S/C22H29ClN4O5S/c1-4-25(15-20(28)24-13-17-7-9-18(23)10-8-17)22(30)16-26-14-19(11-12-21(26)29)33(31,32)27(5-2)6-3/h7-12,14H,4-6,13,15-16H2,1-3H3,(H,24,28). The van der Waals surface area contributed by atoms with E-state index in [-0.39, 0.29) is 50.1 Å². The van der Waals surface area contributed by atoms with Gasteiger partial charge in [0, 0.05) is 43.5 Å². The molecule has 0 atom stereocenters. The molecule has 0 bridgehead atoms. The smallest absolute Gasteiger partial charge is 0.251 e. The van der Waals surface area contributed by atoms with Gasteiger partial charge in [0.15, 0.2) is 0 Å². The number of nitrogens with one attached hydrogen (secondary N) is 1. The van der Waals surface area contributed by atoms with Crippen molar-refractivity contribution in [1.82, 2.24) is 19.1 Å². The quantitative estimate of drug-likeness (QED) is 0.509. The van der Waals surface area contributed by atoms with Crippen molar-refractivity contribution in [1.29, 1.82) is 0 Å². The number of hydrogen-bond donors (Lipinski definition) is 1. The third kappa shape index (κ3) is 7.15. The normalized spacial score (nSPS) is 11.4. The minimum atomic E-state index is -3.78. The fraction of sp³-hybridized carbons (Fsp3) is 0.409. The maximum absolute atomic E-state index is 12.8. The molecule has 9 nitrogen and oxygen atoms in total. The Morgan fingerprint density at radius 3 is 2.21 bits per heavy atom. The molecule has 0 radical (unpaired) electrons. The Balaban J connectivity index is 2.08. The molecule has 2 rings (SSSR count). The zero-order valence-electron chi connectivity index (χ0n) is 19.0. The van der Waals surface area contributed by atoms with Crippen LogP contribution in [0.25, 0.3) is 0 Å². The van der Waals surface area contributed by atoms with E-state index >= 15 is 0 Å².